The van der Waals surface area contributed by atoms with Gasteiger partial charge in [-0.05, 0) is 49.7 Å². The van der Waals surface area contributed by atoms with E-state index in [1.165, 1.54) is 6.07 Å². The van der Waals surface area contributed by atoms with Gasteiger partial charge in [0.05, 0.1) is 12.8 Å². The third kappa shape index (κ3) is 5.75. The molecule has 0 amide bonds. The number of anilines is 1. The highest BCUT2D eigenvalue weighted by atomic mass is 35.5. The van der Waals surface area contributed by atoms with Gasteiger partial charge in [-0.2, -0.15) is 5.10 Å². The lowest BCUT2D eigenvalue weighted by atomic mass is 10.2. The van der Waals surface area contributed by atoms with Gasteiger partial charge < -0.3 is 9.47 Å². The van der Waals surface area contributed by atoms with Crippen LogP contribution in [0.15, 0.2) is 52.4 Å². The highest BCUT2D eigenvalue weighted by Gasteiger charge is 2.10. The van der Waals surface area contributed by atoms with E-state index in [1.54, 1.807) is 43.5 Å². The maximum atomic E-state index is 11.5. The molecule has 30 heavy (non-hydrogen) atoms. The van der Waals surface area contributed by atoms with E-state index in [9.17, 15) is 4.79 Å². The molecule has 1 aromatic heterocycles. The summed E-state index contributed by atoms with van der Waals surface area (Å²) >= 11 is 12.4. The fourth-order valence-electron chi connectivity index (χ4n) is 2.61. The number of aryl methyl sites for hydroxylation is 1. The van der Waals surface area contributed by atoms with Crippen LogP contribution in [0.1, 0.15) is 23.7 Å². The minimum Gasteiger partial charge on any atom is -0.490 e. The second-order valence-corrected chi connectivity index (χ2v) is 7.05. The highest BCUT2D eigenvalue weighted by Crippen LogP contribution is 2.31. The number of H-pyrrole nitrogens is 1. The van der Waals surface area contributed by atoms with Gasteiger partial charge in [0.1, 0.15) is 6.61 Å². The van der Waals surface area contributed by atoms with Crippen molar-refractivity contribution in [3.8, 4) is 11.5 Å². The Balaban J connectivity index is 1.73. The monoisotopic (exact) mass is 446 g/mol. The molecule has 1 heterocycles. The van der Waals surface area contributed by atoms with E-state index in [0.717, 1.165) is 5.56 Å². The van der Waals surface area contributed by atoms with Crippen molar-refractivity contribution < 1.29 is 9.47 Å². The molecule has 0 aliphatic carbocycles. The number of hydrogen-bond donors (Lipinski definition) is 2. The van der Waals surface area contributed by atoms with E-state index in [4.69, 9.17) is 32.7 Å². The summed E-state index contributed by atoms with van der Waals surface area (Å²) in [6, 6.07) is 12.1. The summed E-state index contributed by atoms with van der Waals surface area (Å²) in [5.74, 6) is 1.38. The van der Waals surface area contributed by atoms with Gasteiger partial charge in [0.15, 0.2) is 11.5 Å². The first-order chi connectivity index (χ1) is 14.5. The first-order valence-electron chi connectivity index (χ1n) is 9.16. The first-order valence-corrected chi connectivity index (χ1v) is 9.91. The van der Waals surface area contributed by atoms with Gasteiger partial charge in [-0.15, -0.1) is 0 Å². The Morgan fingerprint density at radius 1 is 1.13 bits per heavy atom. The topological polar surface area (TPSA) is 88.6 Å². The number of nitrogens with one attached hydrogen (secondary N) is 2. The molecule has 0 fully saturated rings. The number of aromatic amines is 1. The summed E-state index contributed by atoms with van der Waals surface area (Å²) < 4.78 is 11.6. The van der Waals surface area contributed by atoms with Crippen LogP contribution in [-0.2, 0) is 6.61 Å². The number of benzene rings is 2. The fraction of sp³-hybridized carbons (Fsp3) is 0.190. The van der Waals surface area contributed by atoms with E-state index in [0.29, 0.717) is 39.4 Å². The lowest BCUT2D eigenvalue weighted by Crippen LogP contribution is -2.10. The molecule has 0 unspecified atom stereocenters. The number of ether oxygens (including phenoxy) is 2. The van der Waals surface area contributed by atoms with Gasteiger partial charge >= 0.3 is 0 Å². The van der Waals surface area contributed by atoms with Crippen molar-refractivity contribution in [1.82, 2.24) is 9.97 Å². The zero-order valence-corrected chi connectivity index (χ0v) is 17.9. The molecule has 0 bridgehead atoms. The smallest absolute Gasteiger partial charge is 0.252 e. The maximum Gasteiger partial charge on any atom is 0.252 e. The molecule has 2 aromatic carbocycles. The van der Waals surface area contributed by atoms with Crippen molar-refractivity contribution in [2.24, 2.45) is 5.10 Å². The molecule has 2 N–H and O–H groups in total. The van der Waals surface area contributed by atoms with Crippen LogP contribution < -0.4 is 20.5 Å². The second-order valence-electron chi connectivity index (χ2n) is 6.23. The Kier molecular flexibility index (Phi) is 7.32. The molecular formula is C21H20Cl2N4O3. The van der Waals surface area contributed by atoms with Crippen LogP contribution in [0.4, 0.5) is 5.95 Å². The molecule has 9 heteroatoms. The summed E-state index contributed by atoms with van der Waals surface area (Å²) in [6.45, 7) is 4.29. The predicted octanol–water partition coefficient (Wildman–Crippen LogP) is 4.81. The van der Waals surface area contributed by atoms with Gasteiger partial charge in [0.25, 0.3) is 5.56 Å². The van der Waals surface area contributed by atoms with Gasteiger partial charge in [0.2, 0.25) is 5.95 Å². The number of rotatable bonds is 8. The lowest BCUT2D eigenvalue weighted by molar-refractivity contribution is 0.269. The molecule has 0 saturated carbocycles. The number of halogens is 2. The molecule has 3 rings (SSSR count). The summed E-state index contributed by atoms with van der Waals surface area (Å²) in [6.07, 6.45) is 1.58. The predicted molar refractivity (Wildman–Crippen MR) is 119 cm³/mol. The summed E-state index contributed by atoms with van der Waals surface area (Å²) in [7, 11) is 0. The lowest BCUT2D eigenvalue weighted by Gasteiger charge is -2.14. The molecule has 7 nitrogen and oxygen atoms in total. The van der Waals surface area contributed by atoms with Crippen LogP contribution in [0.2, 0.25) is 10.0 Å². The molecule has 0 atom stereocenters. The summed E-state index contributed by atoms with van der Waals surface area (Å²) in [5.41, 5.74) is 4.52. The quantitative estimate of drug-likeness (QED) is 0.382. The maximum absolute atomic E-state index is 11.5. The molecule has 0 aliphatic heterocycles. The summed E-state index contributed by atoms with van der Waals surface area (Å²) in [4.78, 5) is 18.2. The zero-order chi connectivity index (χ0) is 21.5. The molecule has 0 spiro atoms. The van der Waals surface area contributed by atoms with Crippen molar-refractivity contribution in [3.63, 3.8) is 0 Å². The molecule has 0 radical (unpaired) electrons. The van der Waals surface area contributed by atoms with Crippen molar-refractivity contribution >= 4 is 35.4 Å². The molecule has 156 valence electrons. The van der Waals surface area contributed by atoms with Gasteiger partial charge in [-0.3, -0.25) is 9.78 Å². The highest BCUT2D eigenvalue weighted by molar-refractivity contribution is 6.35. The molecule has 0 aliphatic rings. The van der Waals surface area contributed by atoms with Gasteiger partial charge in [0, 0.05) is 27.4 Å². The zero-order valence-electron chi connectivity index (χ0n) is 16.4. The fourth-order valence-corrected chi connectivity index (χ4v) is 3.12. The van der Waals surface area contributed by atoms with Crippen molar-refractivity contribution in [3.05, 3.63) is 79.7 Å². The van der Waals surface area contributed by atoms with Crippen LogP contribution in [0.5, 0.6) is 11.5 Å². The standard InChI is InChI=1S/C21H20Cl2N4O3/c1-3-29-19-10-14(11-24-27-21-25-13(2)9-20(28)26-21)7-8-18(19)30-12-15-16(22)5-4-6-17(15)23/h4-11H,3,12H2,1-2H3,(H2,25,26,27,28)/b24-11-. The van der Waals surface area contributed by atoms with Crippen molar-refractivity contribution in [2.45, 2.75) is 20.5 Å². The number of hydrogen-bond acceptors (Lipinski definition) is 6. The van der Waals surface area contributed by atoms with Gasteiger partial charge in [-0.1, -0.05) is 29.3 Å². The first kappa shape index (κ1) is 21.7. The van der Waals surface area contributed by atoms with Gasteiger partial charge in [-0.25, -0.2) is 10.4 Å². The number of nitrogens with zero attached hydrogens (tertiary/aromatic N) is 2. The second kappa shape index (κ2) is 10.1. The Morgan fingerprint density at radius 3 is 2.60 bits per heavy atom. The van der Waals surface area contributed by atoms with Crippen LogP contribution in [0, 0.1) is 6.92 Å². The van der Waals surface area contributed by atoms with E-state index in [1.807, 2.05) is 13.0 Å². The third-order valence-electron chi connectivity index (χ3n) is 3.96. The number of hydrazone groups is 1. The third-order valence-corrected chi connectivity index (χ3v) is 4.66. The average molecular weight is 447 g/mol. The molecule has 0 saturated heterocycles. The molecular weight excluding hydrogens is 427 g/mol. The number of aromatic nitrogens is 2. The Labute approximate surface area is 183 Å². The van der Waals surface area contributed by atoms with Crippen LogP contribution in [-0.4, -0.2) is 22.8 Å². The minimum atomic E-state index is -0.251. The van der Waals surface area contributed by atoms with Crippen LogP contribution >= 0.6 is 23.2 Å². The minimum absolute atomic E-state index is 0.208. The van der Waals surface area contributed by atoms with E-state index >= 15 is 0 Å². The Morgan fingerprint density at radius 2 is 1.90 bits per heavy atom. The van der Waals surface area contributed by atoms with E-state index in [-0.39, 0.29) is 18.1 Å². The van der Waals surface area contributed by atoms with Crippen LogP contribution in [0.25, 0.3) is 0 Å². The van der Waals surface area contributed by atoms with Crippen LogP contribution in [0.3, 0.4) is 0 Å². The summed E-state index contributed by atoms with van der Waals surface area (Å²) in [5, 5.41) is 5.18. The SMILES string of the molecule is CCOc1cc(/C=N\Nc2nc(C)cc(=O)[nH]2)ccc1OCc1c(Cl)cccc1Cl. The average Bonchev–Trinajstić information content (AvgIpc) is 2.68. The molecule has 3 aromatic rings. The van der Waals surface area contributed by atoms with E-state index in [2.05, 4.69) is 20.5 Å². The van der Waals surface area contributed by atoms with Crippen molar-refractivity contribution in [2.75, 3.05) is 12.0 Å². The Bertz CT molecular complexity index is 1100. The van der Waals surface area contributed by atoms with Crippen molar-refractivity contribution in [1.29, 1.82) is 0 Å². The largest absolute Gasteiger partial charge is 0.490 e. The Hall–Kier alpha value is -3.03. The van der Waals surface area contributed by atoms with E-state index < -0.39 is 0 Å². The normalized spacial score (nSPS) is 10.9.